The Morgan fingerprint density at radius 3 is 2.46 bits per heavy atom. The van der Waals surface area contributed by atoms with E-state index in [0.29, 0.717) is 19.1 Å². The summed E-state index contributed by atoms with van der Waals surface area (Å²) in [6, 6.07) is 7.97. The molecule has 0 fully saturated rings. The van der Waals surface area contributed by atoms with E-state index in [9.17, 15) is 5.11 Å². The lowest BCUT2D eigenvalue weighted by molar-refractivity contribution is -0.0808. The predicted octanol–water partition coefficient (Wildman–Crippen LogP) is 6.37. The molecular formula is C30H44O5. The monoisotopic (exact) mass is 484 g/mol. The summed E-state index contributed by atoms with van der Waals surface area (Å²) in [6.45, 7) is 10.2. The van der Waals surface area contributed by atoms with Crippen molar-refractivity contribution in [3.63, 3.8) is 0 Å². The minimum absolute atomic E-state index is 0.0980. The Labute approximate surface area is 211 Å². The Balaban J connectivity index is 1.99. The van der Waals surface area contributed by atoms with Crippen LogP contribution in [0.3, 0.4) is 0 Å². The van der Waals surface area contributed by atoms with Crippen LogP contribution in [0.1, 0.15) is 65.4 Å². The summed E-state index contributed by atoms with van der Waals surface area (Å²) in [6.07, 6.45) is 8.33. The third kappa shape index (κ3) is 7.07. The molecule has 1 aromatic carbocycles. The van der Waals surface area contributed by atoms with Crippen molar-refractivity contribution in [2.45, 2.75) is 78.6 Å². The van der Waals surface area contributed by atoms with E-state index in [4.69, 9.17) is 18.9 Å². The summed E-state index contributed by atoms with van der Waals surface area (Å²) in [4.78, 5) is 0. The maximum atomic E-state index is 11.5. The average molecular weight is 485 g/mol. The Bertz CT molecular complexity index is 913. The van der Waals surface area contributed by atoms with Crippen molar-refractivity contribution in [2.24, 2.45) is 11.3 Å². The number of rotatable bonds is 8. The van der Waals surface area contributed by atoms with Gasteiger partial charge in [-0.3, -0.25) is 0 Å². The van der Waals surface area contributed by atoms with Gasteiger partial charge in [-0.2, -0.15) is 0 Å². The fourth-order valence-electron chi connectivity index (χ4n) is 5.39. The average Bonchev–Trinajstić information content (AvgIpc) is 2.84. The van der Waals surface area contributed by atoms with Crippen LogP contribution in [-0.4, -0.2) is 44.9 Å². The molecule has 0 amide bonds. The van der Waals surface area contributed by atoms with Crippen LogP contribution >= 0.6 is 0 Å². The van der Waals surface area contributed by atoms with E-state index in [1.807, 2.05) is 30.3 Å². The number of aliphatic hydroxyl groups is 1. The molecule has 0 heterocycles. The molecule has 194 valence electrons. The molecular weight excluding hydrogens is 440 g/mol. The summed E-state index contributed by atoms with van der Waals surface area (Å²) in [7, 11) is 3.31. The maximum Gasteiger partial charge on any atom is 0.147 e. The van der Waals surface area contributed by atoms with Gasteiger partial charge in [0.1, 0.15) is 12.5 Å². The van der Waals surface area contributed by atoms with Gasteiger partial charge in [-0.1, -0.05) is 49.3 Å². The fraction of sp³-hybridized carbons (Fsp3) is 0.600. The van der Waals surface area contributed by atoms with Crippen LogP contribution in [0.2, 0.25) is 0 Å². The molecule has 1 aromatic rings. The van der Waals surface area contributed by atoms with Crippen molar-refractivity contribution < 1.29 is 24.1 Å². The highest BCUT2D eigenvalue weighted by molar-refractivity contribution is 5.36. The van der Waals surface area contributed by atoms with E-state index in [1.165, 1.54) is 16.7 Å². The van der Waals surface area contributed by atoms with Crippen LogP contribution in [0.5, 0.6) is 5.75 Å². The predicted molar refractivity (Wildman–Crippen MR) is 140 cm³/mol. The van der Waals surface area contributed by atoms with Crippen molar-refractivity contribution in [3.05, 3.63) is 64.3 Å². The lowest BCUT2D eigenvalue weighted by Gasteiger charge is -2.47. The largest absolute Gasteiger partial charge is 0.497 e. The standard InChI is InChI=1S/C30H44O5/c1-21-8-7-9-22(2)16-27(31)29-26(19-34-18-24-10-12-25(33-6)13-11-24)30(4,15-14-21)23(3)17-28(29)35-20-32-5/h8,10-13,16,23,27-28,31H,7,9,14-15,17-20H2,1-6H3/b21-8+,22-16+/t23-,27-,28+,30+/m1/s1. The topological polar surface area (TPSA) is 57.2 Å². The highest BCUT2D eigenvalue weighted by Gasteiger charge is 2.45. The van der Waals surface area contributed by atoms with Gasteiger partial charge in [-0.15, -0.1) is 0 Å². The molecule has 5 heteroatoms. The molecule has 0 spiro atoms. The molecule has 4 atom stereocenters. The Morgan fingerprint density at radius 2 is 1.77 bits per heavy atom. The molecule has 2 bridgehead atoms. The van der Waals surface area contributed by atoms with Crippen LogP contribution in [0.25, 0.3) is 0 Å². The van der Waals surface area contributed by atoms with Crippen LogP contribution in [-0.2, 0) is 20.8 Å². The van der Waals surface area contributed by atoms with Gasteiger partial charge in [0, 0.05) is 7.11 Å². The second kappa shape index (κ2) is 12.9. The first-order valence-corrected chi connectivity index (χ1v) is 12.8. The normalized spacial score (nSPS) is 31.0. The minimum Gasteiger partial charge on any atom is -0.497 e. The summed E-state index contributed by atoms with van der Waals surface area (Å²) in [5.74, 6) is 1.21. The number of allylic oxidation sites excluding steroid dienone is 3. The van der Waals surface area contributed by atoms with Gasteiger partial charge in [0.15, 0.2) is 0 Å². The number of benzene rings is 1. The number of hydrogen-bond acceptors (Lipinski definition) is 5. The molecule has 2 aliphatic carbocycles. The van der Waals surface area contributed by atoms with E-state index in [1.54, 1.807) is 14.2 Å². The summed E-state index contributed by atoms with van der Waals surface area (Å²) in [5.41, 5.74) is 5.76. The quantitative estimate of drug-likeness (QED) is 0.343. The molecule has 0 aromatic heterocycles. The zero-order chi connectivity index (χ0) is 25.4. The summed E-state index contributed by atoms with van der Waals surface area (Å²) < 4.78 is 23.0. The molecule has 35 heavy (non-hydrogen) atoms. The van der Waals surface area contributed by atoms with Crippen molar-refractivity contribution >= 4 is 0 Å². The number of fused-ring (bicyclic) bond motifs is 1. The number of aliphatic hydroxyl groups excluding tert-OH is 1. The zero-order valence-corrected chi connectivity index (χ0v) is 22.4. The second-order valence-electron chi connectivity index (χ2n) is 10.4. The Hall–Kier alpha value is -1.92. The van der Waals surface area contributed by atoms with Crippen molar-refractivity contribution in [1.82, 2.24) is 0 Å². The highest BCUT2D eigenvalue weighted by Crippen LogP contribution is 2.50. The number of methoxy groups -OCH3 is 2. The van der Waals surface area contributed by atoms with Crippen LogP contribution in [0.4, 0.5) is 0 Å². The van der Waals surface area contributed by atoms with Gasteiger partial charge in [0.05, 0.1) is 32.5 Å². The molecule has 0 saturated carbocycles. The molecule has 2 aliphatic rings. The zero-order valence-electron chi connectivity index (χ0n) is 22.4. The smallest absolute Gasteiger partial charge is 0.147 e. The van der Waals surface area contributed by atoms with E-state index < -0.39 is 6.10 Å². The Morgan fingerprint density at radius 1 is 1.03 bits per heavy atom. The first kappa shape index (κ1) is 27.7. The van der Waals surface area contributed by atoms with E-state index >= 15 is 0 Å². The first-order valence-electron chi connectivity index (χ1n) is 12.8. The SMILES string of the molecule is COCO[C@H]1C[C@@H](C)[C@]2(C)CC/C(C)=C/CC/C(C)=C/[C@@H](O)C1=C2COCc1ccc(OC)cc1. The fourth-order valence-corrected chi connectivity index (χ4v) is 5.39. The number of ether oxygens (including phenoxy) is 4. The molecule has 0 saturated heterocycles. The molecule has 5 nitrogen and oxygen atoms in total. The highest BCUT2D eigenvalue weighted by atomic mass is 16.7. The van der Waals surface area contributed by atoms with Crippen LogP contribution in [0, 0.1) is 11.3 Å². The van der Waals surface area contributed by atoms with Gasteiger partial charge in [0.2, 0.25) is 0 Å². The van der Waals surface area contributed by atoms with Crippen molar-refractivity contribution in [2.75, 3.05) is 27.6 Å². The van der Waals surface area contributed by atoms with Crippen molar-refractivity contribution in [1.29, 1.82) is 0 Å². The van der Waals surface area contributed by atoms with Gasteiger partial charge >= 0.3 is 0 Å². The summed E-state index contributed by atoms with van der Waals surface area (Å²) in [5, 5.41) is 11.5. The van der Waals surface area contributed by atoms with Crippen LogP contribution < -0.4 is 4.74 Å². The van der Waals surface area contributed by atoms with Crippen LogP contribution in [0.15, 0.2) is 58.7 Å². The minimum atomic E-state index is -0.701. The number of hydrogen-bond donors (Lipinski definition) is 1. The molecule has 3 rings (SSSR count). The summed E-state index contributed by atoms with van der Waals surface area (Å²) >= 11 is 0. The van der Waals surface area contributed by atoms with Crippen molar-refractivity contribution in [3.8, 4) is 5.75 Å². The molecule has 1 N–H and O–H groups in total. The van der Waals surface area contributed by atoms with Gasteiger partial charge in [-0.25, -0.2) is 0 Å². The molecule has 0 radical (unpaired) electrons. The lowest BCUT2D eigenvalue weighted by atomic mass is 9.61. The third-order valence-corrected chi connectivity index (χ3v) is 7.93. The van der Waals surface area contributed by atoms with Gasteiger partial charge in [0.25, 0.3) is 0 Å². The van der Waals surface area contributed by atoms with Gasteiger partial charge < -0.3 is 24.1 Å². The first-order chi connectivity index (χ1) is 16.8. The maximum absolute atomic E-state index is 11.5. The lowest BCUT2D eigenvalue weighted by Crippen LogP contribution is -2.43. The van der Waals surface area contributed by atoms with Gasteiger partial charge in [-0.05, 0) is 86.1 Å². The molecule has 0 aliphatic heterocycles. The third-order valence-electron chi connectivity index (χ3n) is 7.93. The Kier molecular flexibility index (Phi) is 10.2. The van der Waals surface area contributed by atoms with E-state index in [2.05, 4.69) is 33.8 Å². The van der Waals surface area contributed by atoms with E-state index in [0.717, 1.165) is 49.0 Å². The van der Waals surface area contributed by atoms with E-state index in [-0.39, 0.29) is 18.3 Å². The second-order valence-corrected chi connectivity index (χ2v) is 10.4. The molecule has 0 unspecified atom stereocenters.